The third-order valence-electron chi connectivity index (χ3n) is 5.76. The number of ether oxygens (including phenoxy) is 1. The minimum atomic E-state index is -0.0365. The Kier molecular flexibility index (Phi) is 5.99. The highest BCUT2D eigenvalue weighted by Crippen LogP contribution is 2.31. The van der Waals surface area contributed by atoms with Crippen LogP contribution >= 0.6 is 0 Å². The summed E-state index contributed by atoms with van der Waals surface area (Å²) in [5.41, 5.74) is 1.87. The molecule has 2 heterocycles. The second-order valence-corrected chi connectivity index (χ2v) is 7.83. The Morgan fingerprint density at radius 3 is 2.93 bits per heavy atom. The Balaban J connectivity index is 1.28. The van der Waals surface area contributed by atoms with Gasteiger partial charge in [-0.3, -0.25) is 14.9 Å². The van der Waals surface area contributed by atoms with Crippen molar-refractivity contribution in [2.45, 2.75) is 51.1 Å². The maximum Gasteiger partial charge on any atom is 0.246 e. The summed E-state index contributed by atoms with van der Waals surface area (Å²) in [4.78, 5) is 32.4. The van der Waals surface area contributed by atoms with Crippen LogP contribution in [0.25, 0.3) is 0 Å². The number of carbonyl (C=O) groups is 2. The van der Waals surface area contributed by atoms with Gasteiger partial charge in [0.15, 0.2) is 0 Å². The van der Waals surface area contributed by atoms with Gasteiger partial charge in [0.25, 0.3) is 0 Å². The third kappa shape index (κ3) is 4.53. The molecule has 0 aromatic heterocycles. The number of aliphatic hydroxyl groups excluding tert-OH is 1. The van der Waals surface area contributed by atoms with Crippen molar-refractivity contribution >= 4 is 23.5 Å². The molecule has 1 aromatic carbocycles. The largest absolute Gasteiger partial charge is 0.494 e. The molecule has 0 bridgehead atoms. The summed E-state index contributed by atoms with van der Waals surface area (Å²) in [7, 11) is 0. The molecule has 3 aliphatic rings. The van der Waals surface area contributed by atoms with Crippen LogP contribution in [0.3, 0.4) is 0 Å². The summed E-state index contributed by atoms with van der Waals surface area (Å²) >= 11 is 0. The lowest BCUT2D eigenvalue weighted by Gasteiger charge is -2.28. The first-order chi connectivity index (χ1) is 14.1. The lowest BCUT2D eigenvalue weighted by atomic mass is 10.1. The minimum Gasteiger partial charge on any atom is -0.494 e. The van der Waals surface area contributed by atoms with Crippen molar-refractivity contribution in [3.05, 3.63) is 23.8 Å². The summed E-state index contributed by atoms with van der Waals surface area (Å²) in [5, 5.41) is 12.0. The number of nitrogens with zero attached hydrogens (tertiary/aromatic N) is 3. The molecule has 0 atom stereocenters. The van der Waals surface area contributed by atoms with E-state index in [-0.39, 0.29) is 24.5 Å². The molecule has 1 saturated heterocycles. The highest BCUT2D eigenvalue weighted by molar-refractivity contribution is 6.05. The van der Waals surface area contributed by atoms with Gasteiger partial charge in [-0.1, -0.05) is 18.9 Å². The van der Waals surface area contributed by atoms with Gasteiger partial charge < -0.3 is 19.6 Å². The molecule has 8 heteroatoms. The van der Waals surface area contributed by atoms with Crippen molar-refractivity contribution in [2.24, 2.45) is 4.99 Å². The van der Waals surface area contributed by atoms with Crippen LogP contribution in [0.2, 0.25) is 0 Å². The van der Waals surface area contributed by atoms with Gasteiger partial charge in [0.2, 0.25) is 17.8 Å². The number of guanidine groups is 1. The van der Waals surface area contributed by atoms with Gasteiger partial charge in [-0.05, 0) is 30.9 Å². The SMILES string of the molecule is O=C1CN2Cc3ccc(OCCCC(=O)N(CCO)C4CCCC4)cc3N=C2N1. The molecule has 2 aliphatic heterocycles. The number of rotatable bonds is 8. The molecule has 0 spiro atoms. The highest BCUT2D eigenvalue weighted by Gasteiger charge is 2.29. The molecule has 0 unspecified atom stereocenters. The molecule has 1 aliphatic carbocycles. The lowest BCUT2D eigenvalue weighted by Crippen LogP contribution is -2.40. The van der Waals surface area contributed by atoms with E-state index >= 15 is 0 Å². The van der Waals surface area contributed by atoms with Crippen molar-refractivity contribution in [1.82, 2.24) is 15.1 Å². The third-order valence-corrected chi connectivity index (χ3v) is 5.76. The van der Waals surface area contributed by atoms with Crippen LogP contribution in [0.15, 0.2) is 23.2 Å². The van der Waals surface area contributed by atoms with E-state index in [2.05, 4.69) is 10.3 Å². The summed E-state index contributed by atoms with van der Waals surface area (Å²) in [6, 6.07) is 6.04. The zero-order chi connectivity index (χ0) is 20.2. The van der Waals surface area contributed by atoms with Gasteiger partial charge in [-0.25, -0.2) is 4.99 Å². The quantitative estimate of drug-likeness (QED) is 0.646. The molecule has 8 nitrogen and oxygen atoms in total. The summed E-state index contributed by atoms with van der Waals surface area (Å²) < 4.78 is 5.83. The van der Waals surface area contributed by atoms with E-state index in [1.165, 1.54) is 0 Å². The van der Waals surface area contributed by atoms with E-state index in [1.54, 1.807) is 0 Å². The Morgan fingerprint density at radius 2 is 2.14 bits per heavy atom. The Hall–Kier alpha value is -2.61. The number of nitrogens with one attached hydrogen (secondary N) is 1. The van der Waals surface area contributed by atoms with Crippen molar-refractivity contribution in [2.75, 3.05) is 26.3 Å². The van der Waals surface area contributed by atoms with Gasteiger partial charge in [0.1, 0.15) is 12.3 Å². The number of benzene rings is 1. The van der Waals surface area contributed by atoms with E-state index in [0.717, 1.165) is 36.9 Å². The van der Waals surface area contributed by atoms with E-state index in [4.69, 9.17) is 4.74 Å². The van der Waals surface area contributed by atoms with Crippen molar-refractivity contribution in [3.8, 4) is 5.75 Å². The first-order valence-electron chi connectivity index (χ1n) is 10.4. The van der Waals surface area contributed by atoms with Crippen LogP contribution in [0.1, 0.15) is 44.1 Å². The van der Waals surface area contributed by atoms with Gasteiger partial charge in [-0.15, -0.1) is 0 Å². The Labute approximate surface area is 170 Å². The van der Waals surface area contributed by atoms with Gasteiger partial charge >= 0.3 is 0 Å². The smallest absolute Gasteiger partial charge is 0.246 e. The van der Waals surface area contributed by atoms with Crippen molar-refractivity contribution in [3.63, 3.8) is 0 Å². The van der Waals surface area contributed by atoms with E-state index < -0.39 is 0 Å². The fraction of sp³-hybridized carbons (Fsp3) is 0.571. The van der Waals surface area contributed by atoms with Crippen LogP contribution in [0.5, 0.6) is 5.75 Å². The fourth-order valence-corrected chi connectivity index (χ4v) is 4.30. The predicted octanol–water partition coefficient (Wildman–Crippen LogP) is 1.54. The standard InChI is InChI=1S/C21H28N4O4/c26-10-9-25(16-4-1-2-5-16)20(28)6-3-11-29-17-8-7-15-13-24-14-19(27)23-21(24)22-18(15)12-17/h7-8,12,16,26H,1-6,9-11,13-14H2,(H,22,23,27). The Bertz CT molecular complexity index is 804. The van der Waals surface area contributed by atoms with E-state index in [1.807, 2.05) is 28.0 Å². The van der Waals surface area contributed by atoms with E-state index in [9.17, 15) is 14.7 Å². The van der Waals surface area contributed by atoms with Crippen LogP contribution < -0.4 is 10.1 Å². The molecule has 2 amide bonds. The molecule has 0 radical (unpaired) electrons. The molecule has 2 N–H and O–H groups in total. The first kappa shape index (κ1) is 19.7. The maximum absolute atomic E-state index is 12.6. The first-order valence-corrected chi connectivity index (χ1v) is 10.4. The number of hydrogen-bond acceptors (Lipinski definition) is 6. The van der Waals surface area contributed by atoms with Gasteiger partial charge in [-0.2, -0.15) is 0 Å². The minimum absolute atomic E-state index is 0.00819. The molecular weight excluding hydrogens is 372 g/mol. The molecule has 156 valence electrons. The molecule has 4 rings (SSSR count). The van der Waals surface area contributed by atoms with Crippen LogP contribution in [-0.2, 0) is 16.1 Å². The van der Waals surface area contributed by atoms with Gasteiger partial charge in [0, 0.05) is 31.6 Å². The molecule has 1 aromatic rings. The topological polar surface area (TPSA) is 94.5 Å². The fourth-order valence-electron chi connectivity index (χ4n) is 4.30. The number of fused-ring (bicyclic) bond motifs is 2. The average Bonchev–Trinajstić information content (AvgIpc) is 3.36. The number of amides is 2. The lowest BCUT2D eigenvalue weighted by molar-refractivity contribution is -0.134. The maximum atomic E-state index is 12.6. The molecule has 1 saturated carbocycles. The summed E-state index contributed by atoms with van der Waals surface area (Å²) in [6.07, 6.45) is 5.45. The normalized spacial score (nSPS) is 18.2. The highest BCUT2D eigenvalue weighted by atomic mass is 16.5. The summed E-state index contributed by atoms with van der Waals surface area (Å²) in [5.74, 6) is 1.37. The predicted molar refractivity (Wildman–Crippen MR) is 108 cm³/mol. The Morgan fingerprint density at radius 1 is 1.31 bits per heavy atom. The number of aliphatic imine (C=N–C) groups is 1. The van der Waals surface area contributed by atoms with E-state index in [0.29, 0.717) is 50.8 Å². The van der Waals surface area contributed by atoms with Crippen LogP contribution in [-0.4, -0.2) is 65.0 Å². The molecule has 2 fully saturated rings. The summed E-state index contributed by atoms with van der Waals surface area (Å²) in [6.45, 7) is 1.88. The second-order valence-electron chi connectivity index (χ2n) is 7.83. The van der Waals surface area contributed by atoms with Crippen LogP contribution in [0.4, 0.5) is 5.69 Å². The number of carbonyl (C=O) groups excluding carboxylic acids is 2. The average molecular weight is 400 g/mol. The number of hydrogen-bond donors (Lipinski definition) is 2. The zero-order valence-corrected chi connectivity index (χ0v) is 16.6. The van der Waals surface area contributed by atoms with Crippen LogP contribution in [0, 0.1) is 0 Å². The number of aliphatic hydroxyl groups is 1. The van der Waals surface area contributed by atoms with Crippen molar-refractivity contribution in [1.29, 1.82) is 0 Å². The zero-order valence-electron chi connectivity index (χ0n) is 16.6. The van der Waals surface area contributed by atoms with Gasteiger partial charge in [0.05, 0.1) is 18.9 Å². The molecule has 29 heavy (non-hydrogen) atoms. The monoisotopic (exact) mass is 400 g/mol. The molecular formula is C21H28N4O4. The second kappa shape index (κ2) is 8.82. The van der Waals surface area contributed by atoms with Crippen molar-refractivity contribution < 1.29 is 19.4 Å².